The van der Waals surface area contributed by atoms with Gasteiger partial charge in [0.2, 0.25) is 0 Å². The lowest BCUT2D eigenvalue weighted by Crippen LogP contribution is -2.40. The zero-order valence-corrected chi connectivity index (χ0v) is 11.5. The van der Waals surface area contributed by atoms with Gasteiger partial charge in [0.25, 0.3) is 0 Å². The summed E-state index contributed by atoms with van der Waals surface area (Å²) < 4.78 is 0. The second kappa shape index (κ2) is 4.84. The van der Waals surface area contributed by atoms with Gasteiger partial charge in [-0.05, 0) is 67.9 Å². The first kappa shape index (κ1) is 11.9. The lowest BCUT2D eigenvalue weighted by atomic mass is 9.96. The monoisotopic (exact) mass is 261 g/mol. The van der Waals surface area contributed by atoms with E-state index in [4.69, 9.17) is 12.2 Å². The smallest absolute Gasteiger partial charge is 0.172 e. The fourth-order valence-corrected chi connectivity index (χ4v) is 3.60. The molecule has 2 bridgehead atoms. The highest BCUT2D eigenvalue weighted by Gasteiger charge is 2.39. The highest BCUT2D eigenvalue weighted by atomic mass is 32.1. The lowest BCUT2D eigenvalue weighted by molar-refractivity contribution is 0.392. The molecule has 0 spiro atoms. The molecular weight excluding hydrogens is 242 g/mol. The maximum atomic E-state index is 5.37. The van der Waals surface area contributed by atoms with Crippen LogP contribution >= 0.6 is 12.2 Å². The maximum Gasteiger partial charge on any atom is 0.172 e. The molecular formula is C14H19N3S. The molecule has 4 heteroatoms. The van der Waals surface area contributed by atoms with Gasteiger partial charge in [-0.2, -0.15) is 0 Å². The Balaban J connectivity index is 1.56. The van der Waals surface area contributed by atoms with Crippen LogP contribution in [-0.2, 0) is 0 Å². The molecule has 18 heavy (non-hydrogen) atoms. The molecule has 0 aromatic carbocycles. The summed E-state index contributed by atoms with van der Waals surface area (Å²) in [6.45, 7) is 2.05. The van der Waals surface area contributed by atoms with Gasteiger partial charge in [0.15, 0.2) is 5.11 Å². The van der Waals surface area contributed by atoms with E-state index in [2.05, 4.69) is 22.5 Å². The van der Waals surface area contributed by atoms with Crippen LogP contribution in [0, 0.1) is 18.8 Å². The van der Waals surface area contributed by atoms with Crippen LogP contribution in [0.3, 0.4) is 0 Å². The number of pyridine rings is 1. The number of hydrogen-bond donors (Lipinski definition) is 2. The first-order valence-electron chi connectivity index (χ1n) is 6.71. The summed E-state index contributed by atoms with van der Waals surface area (Å²) in [6.07, 6.45) is 7.27. The molecule has 96 valence electrons. The minimum atomic E-state index is 0.577. The van der Waals surface area contributed by atoms with Crippen molar-refractivity contribution in [1.29, 1.82) is 0 Å². The number of thiocarbonyl (C=S) groups is 1. The third-order valence-electron chi connectivity index (χ3n) is 4.21. The lowest BCUT2D eigenvalue weighted by Gasteiger charge is -2.24. The van der Waals surface area contributed by atoms with E-state index in [1.54, 1.807) is 6.20 Å². The maximum absolute atomic E-state index is 5.37. The van der Waals surface area contributed by atoms with Gasteiger partial charge in [0.1, 0.15) is 5.82 Å². The Hall–Kier alpha value is -1.16. The average Bonchev–Trinajstić information content (AvgIpc) is 2.90. The number of rotatable bonds is 2. The molecule has 0 aliphatic heterocycles. The molecule has 2 fully saturated rings. The SMILES string of the molecule is Cc1ccnc(NC(=S)N[C@@H]2C[C@H]3CC[C@@H]2C3)c1. The predicted octanol–water partition coefficient (Wildman–Crippen LogP) is 2.87. The minimum Gasteiger partial charge on any atom is -0.359 e. The Kier molecular flexibility index (Phi) is 3.20. The van der Waals surface area contributed by atoms with Gasteiger partial charge in [0.05, 0.1) is 0 Å². The van der Waals surface area contributed by atoms with Gasteiger partial charge in [0, 0.05) is 12.2 Å². The van der Waals surface area contributed by atoms with Gasteiger partial charge < -0.3 is 10.6 Å². The molecule has 3 rings (SSSR count). The molecule has 3 nitrogen and oxygen atoms in total. The molecule has 1 aromatic heterocycles. The van der Waals surface area contributed by atoms with Gasteiger partial charge >= 0.3 is 0 Å². The van der Waals surface area contributed by atoms with Gasteiger partial charge in [-0.15, -0.1) is 0 Å². The summed E-state index contributed by atoms with van der Waals surface area (Å²) in [5, 5.41) is 7.35. The topological polar surface area (TPSA) is 37.0 Å². The Labute approximate surface area is 113 Å². The zero-order valence-electron chi connectivity index (χ0n) is 10.6. The Morgan fingerprint density at radius 1 is 1.39 bits per heavy atom. The molecule has 0 amide bonds. The number of hydrogen-bond acceptors (Lipinski definition) is 2. The number of aromatic nitrogens is 1. The quantitative estimate of drug-likeness (QED) is 0.803. The van der Waals surface area contributed by atoms with Crippen LogP contribution in [-0.4, -0.2) is 16.1 Å². The summed E-state index contributed by atoms with van der Waals surface area (Å²) in [5.74, 6) is 2.60. The Morgan fingerprint density at radius 3 is 2.94 bits per heavy atom. The molecule has 2 N–H and O–H groups in total. The first-order valence-corrected chi connectivity index (χ1v) is 7.12. The van der Waals surface area contributed by atoms with E-state index in [1.165, 1.54) is 31.2 Å². The van der Waals surface area contributed by atoms with Gasteiger partial charge in [-0.25, -0.2) is 4.98 Å². The fourth-order valence-electron chi connectivity index (χ4n) is 3.35. The number of anilines is 1. The van der Waals surface area contributed by atoms with Gasteiger partial charge in [-0.3, -0.25) is 0 Å². The first-order chi connectivity index (χ1) is 8.70. The second-order valence-corrected chi connectivity index (χ2v) is 6.01. The van der Waals surface area contributed by atoms with Crippen LogP contribution in [0.25, 0.3) is 0 Å². The number of aryl methyl sites for hydroxylation is 1. The van der Waals surface area contributed by atoms with Gasteiger partial charge in [-0.1, -0.05) is 6.42 Å². The molecule has 0 saturated heterocycles. The van der Waals surface area contributed by atoms with Crippen LogP contribution in [0.2, 0.25) is 0 Å². The van der Waals surface area contributed by atoms with E-state index >= 15 is 0 Å². The Bertz CT molecular complexity index is 460. The van der Waals surface area contributed by atoms with Crippen LogP contribution in [0.1, 0.15) is 31.2 Å². The summed E-state index contributed by atoms with van der Waals surface area (Å²) in [5.41, 5.74) is 1.19. The largest absolute Gasteiger partial charge is 0.359 e. The van der Waals surface area contributed by atoms with Crippen molar-refractivity contribution in [3.05, 3.63) is 23.9 Å². The summed E-state index contributed by atoms with van der Waals surface area (Å²) in [4.78, 5) is 4.26. The highest BCUT2D eigenvalue weighted by Crippen LogP contribution is 2.44. The second-order valence-electron chi connectivity index (χ2n) is 5.60. The van der Waals surface area contributed by atoms with Crippen LogP contribution < -0.4 is 10.6 Å². The molecule has 0 radical (unpaired) electrons. The molecule has 3 atom stereocenters. The molecule has 1 heterocycles. The summed E-state index contributed by atoms with van der Waals surface area (Å²) in [6, 6.07) is 4.57. The number of nitrogens with one attached hydrogen (secondary N) is 2. The van der Waals surface area contributed by atoms with Crippen molar-refractivity contribution in [3.8, 4) is 0 Å². The number of fused-ring (bicyclic) bond motifs is 2. The predicted molar refractivity (Wildman–Crippen MR) is 77.6 cm³/mol. The van der Waals surface area contributed by atoms with E-state index in [-0.39, 0.29) is 0 Å². The molecule has 2 saturated carbocycles. The zero-order chi connectivity index (χ0) is 12.5. The van der Waals surface area contributed by atoms with Crippen molar-refractivity contribution >= 4 is 23.1 Å². The van der Waals surface area contributed by atoms with Crippen LogP contribution in [0.15, 0.2) is 18.3 Å². The summed E-state index contributed by atoms with van der Waals surface area (Å²) in [7, 11) is 0. The van der Waals surface area contributed by atoms with E-state index in [0.717, 1.165) is 17.7 Å². The minimum absolute atomic E-state index is 0.577. The van der Waals surface area contributed by atoms with Crippen molar-refractivity contribution in [3.63, 3.8) is 0 Å². The third kappa shape index (κ3) is 2.48. The van der Waals surface area contributed by atoms with Crippen molar-refractivity contribution in [2.24, 2.45) is 11.8 Å². The molecule has 2 aliphatic rings. The van der Waals surface area contributed by atoms with Crippen molar-refractivity contribution in [2.75, 3.05) is 5.32 Å². The summed E-state index contributed by atoms with van der Waals surface area (Å²) >= 11 is 5.37. The van der Waals surface area contributed by atoms with E-state index in [0.29, 0.717) is 11.2 Å². The normalized spacial score (nSPS) is 29.3. The number of nitrogens with zero attached hydrogens (tertiary/aromatic N) is 1. The van der Waals surface area contributed by atoms with E-state index in [9.17, 15) is 0 Å². The van der Waals surface area contributed by atoms with Crippen LogP contribution in [0.5, 0.6) is 0 Å². The molecule has 2 aliphatic carbocycles. The van der Waals surface area contributed by atoms with Crippen molar-refractivity contribution in [2.45, 2.75) is 38.6 Å². The van der Waals surface area contributed by atoms with E-state index < -0.39 is 0 Å². The standard InChI is InChI=1S/C14H19N3S/c1-9-4-5-15-13(6-9)17-14(18)16-12-8-10-2-3-11(12)7-10/h4-6,10-12H,2-3,7-8H2,1H3,(H2,15,16,17,18)/t10-,11+,12+/m0/s1. The fraction of sp³-hybridized carbons (Fsp3) is 0.571. The third-order valence-corrected chi connectivity index (χ3v) is 4.43. The van der Waals surface area contributed by atoms with E-state index in [1.807, 2.05) is 12.1 Å². The van der Waals surface area contributed by atoms with Crippen molar-refractivity contribution < 1.29 is 0 Å². The van der Waals surface area contributed by atoms with Crippen LogP contribution in [0.4, 0.5) is 5.82 Å². The Morgan fingerprint density at radius 2 is 2.28 bits per heavy atom. The molecule has 0 unspecified atom stereocenters. The van der Waals surface area contributed by atoms with Crippen molar-refractivity contribution in [1.82, 2.24) is 10.3 Å². The highest BCUT2D eigenvalue weighted by molar-refractivity contribution is 7.80. The molecule has 1 aromatic rings. The average molecular weight is 261 g/mol.